The van der Waals surface area contributed by atoms with Crippen molar-refractivity contribution in [2.24, 2.45) is 0 Å². The van der Waals surface area contributed by atoms with Crippen molar-refractivity contribution >= 4 is 29.0 Å². The standard InChI is InChI=1S/C21H26ClN5O3/c22-16-3-1-4-17(13-16)25-8-10-26(11-9-25)19-6-7-21(29)27(24-19)15-20(28)23-14-18-5-2-12-30-18/h1,3-4,6-7,13,18H,2,5,8-12,14-15H2,(H,23,28)/t18-/m0/s1. The van der Waals surface area contributed by atoms with Crippen molar-refractivity contribution in [1.82, 2.24) is 15.1 Å². The number of amides is 1. The van der Waals surface area contributed by atoms with Gasteiger partial charge in [0.15, 0.2) is 0 Å². The van der Waals surface area contributed by atoms with E-state index >= 15 is 0 Å². The number of piperazine rings is 1. The summed E-state index contributed by atoms with van der Waals surface area (Å²) in [5.74, 6) is 0.468. The molecular formula is C21H26ClN5O3. The van der Waals surface area contributed by atoms with Gasteiger partial charge >= 0.3 is 0 Å². The Morgan fingerprint density at radius 1 is 1.17 bits per heavy atom. The molecule has 0 bridgehead atoms. The Hall–Kier alpha value is -2.58. The van der Waals surface area contributed by atoms with Crippen LogP contribution in [0.2, 0.25) is 5.02 Å². The zero-order valence-electron chi connectivity index (χ0n) is 16.8. The predicted octanol–water partition coefficient (Wildman–Crippen LogP) is 1.52. The molecule has 1 aromatic heterocycles. The quantitative estimate of drug-likeness (QED) is 0.747. The maximum absolute atomic E-state index is 12.2. The van der Waals surface area contributed by atoms with E-state index in [2.05, 4.69) is 26.3 Å². The van der Waals surface area contributed by atoms with Crippen LogP contribution in [0.4, 0.5) is 11.5 Å². The molecule has 2 saturated heterocycles. The third-order valence-electron chi connectivity index (χ3n) is 5.47. The number of carbonyl (C=O) groups excluding carboxylic acids is 1. The fraction of sp³-hybridized carbons (Fsp3) is 0.476. The molecule has 1 atom stereocenters. The number of hydrogen-bond donors (Lipinski definition) is 1. The first kappa shape index (κ1) is 20.7. The van der Waals surface area contributed by atoms with Gasteiger partial charge < -0.3 is 19.9 Å². The average molecular weight is 432 g/mol. The minimum atomic E-state index is -0.288. The fourth-order valence-corrected chi connectivity index (χ4v) is 4.00. The molecule has 8 nitrogen and oxygen atoms in total. The van der Waals surface area contributed by atoms with E-state index in [9.17, 15) is 9.59 Å². The van der Waals surface area contributed by atoms with Crippen LogP contribution in [0.5, 0.6) is 0 Å². The van der Waals surface area contributed by atoms with Crippen LogP contribution < -0.4 is 20.7 Å². The zero-order valence-corrected chi connectivity index (χ0v) is 17.6. The summed E-state index contributed by atoms with van der Waals surface area (Å²) in [6, 6.07) is 11.0. The Morgan fingerprint density at radius 3 is 2.70 bits per heavy atom. The Balaban J connectivity index is 1.35. The van der Waals surface area contributed by atoms with Crippen molar-refractivity contribution in [3.63, 3.8) is 0 Å². The van der Waals surface area contributed by atoms with Crippen LogP contribution in [0.3, 0.4) is 0 Å². The highest BCUT2D eigenvalue weighted by molar-refractivity contribution is 6.30. The van der Waals surface area contributed by atoms with Gasteiger partial charge in [0.2, 0.25) is 5.91 Å². The SMILES string of the molecule is O=C(Cn1nc(N2CCN(c3cccc(Cl)c3)CC2)ccc1=O)NC[C@@H]1CCCO1. The molecule has 2 aliphatic rings. The Kier molecular flexibility index (Phi) is 6.54. The molecule has 4 rings (SSSR count). The van der Waals surface area contributed by atoms with E-state index in [1.807, 2.05) is 18.2 Å². The number of ether oxygens (including phenoxy) is 1. The van der Waals surface area contributed by atoms with Gasteiger partial charge in [-0.2, -0.15) is 5.10 Å². The maximum Gasteiger partial charge on any atom is 0.267 e. The molecule has 3 heterocycles. The number of halogens is 1. The van der Waals surface area contributed by atoms with Crippen LogP contribution in [0.15, 0.2) is 41.2 Å². The molecule has 1 aromatic carbocycles. The van der Waals surface area contributed by atoms with Crippen molar-refractivity contribution in [1.29, 1.82) is 0 Å². The zero-order chi connectivity index (χ0) is 20.9. The van der Waals surface area contributed by atoms with Gasteiger partial charge in [0.05, 0.1) is 6.10 Å². The first-order valence-electron chi connectivity index (χ1n) is 10.3. The Labute approximate surface area is 180 Å². The third-order valence-corrected chi connectivity index (χ3v) is 5.71. The van der Waals surface area contributed by atoms with Crippen LogP contribution in [-0.2, 0) is 16.1 Å². The largest absolute Gasteiger partial charge is 0.376 e. The highest BCUT2D eigenvalue weighted by atomic mass is 35.5. The van der Waals surface area contributed by atoms with Gasteiger partial charge in [-0.3, -0.25) is 9.59 Å². The normalized spacial score (nSPS) is 19.2. The van der Waals surface area contributed by atoms with E-state index < -0.39 is 0 Å². The number of benzene rings is 1. The van der Waals surface area contributed by atoms with Crippen molar-refractivity contribution in [3.8, 4) is 0 Å². The lowest BCUT2D eigenvalue weighted by atomic mass is 10.2. The van der Waals surface area contributed by atoms with E-state index in [1.165, 1.54) is 10.7 Å². The van der Waals surface area contributed by atoms with Crippen LogP contribution in [0.1, 0.15) is 12.8 Å². The molecule has 160 valence electrons. The van der Waals surface area contributed by atoms with E-state index in [1.54, 1.807) is 6.07 Å². The molecule has 2 fully saturated rings. The van der Waals surface area contributed by atoms with Gasteiger partial charge in [-0.1, -0.05) is 17.7 Å². The van der Waals surface area contributed by atoms with Crippen molar-refractivity contribution in [2.75, 3.05) is 49.1 Å². The van der Waals surface area contributed by atoms with Crippen LogP contribution in [0.25, 0.3) is 0 Å². The second kappa shape index (κ2) is 9.49. The number of nitrogens with zero attached hydrogens (tertiary/aromatic N) is 4. The molecule has 30 heavy (non-hydrogen) atoms. The molecule has 2 aliphatic heterocycles. The van der Waals surface area contributed by atoms with Gasteiger partial charge in [-0.05, 0) is 37.1 Å². The number of anilines is 2. The lowest BCUT2D eigenvalue weighted by molar-refractivity contribution is -0.122. The minimum Gasteiger partial charge on any atom is -0.376 e. The Bertz CT molecular complexity index is 936. The van der Waals surface area contributed by atoms with Gasteiger partial charge in [0.1, 0.15) is 12.4 Å². The summed E-state index contributed by atoms with van der Waals surface area (Å²) in [6.07, 6.45) is 2.05. The van der Waals surface area contributed by atoms with Crippen molar-refractivity contribution in [3.05, 3.63) is 51.8 Å². The fourth-order valence-electron chi connectivity index (χ4n) is 3.81. The molecule has 0 saturated carbocycles. The average Bonchev–Trinajstić information content (AvgIpc) is 3.28. The number of rotatable bonds is 6. The van der Waals surface area contributed by atoms with Gasteiger partial charge in [0.25, 0.3) is 5.56 Å². The number of carbonyl (C=O) groups is 1. The number of aromatic nitrogens is 2. The summed E-state index contributed by atoms with van der Waals surface area (Å²) in [4.78, 5) is 28.8. The van der Waals surface area contributed by atoms with Crippen molar-refractivity contribution < 1.29 is 9.53 Å². The van der Waals surface area contributed by atoms with Crippen LogP contribution in [0, 0.1) is 0 Å². The second-order valence-electron chi connectivity index (χ2n) is 7.58. The Morgan fingerprint density at radius 2 is 1.97 bits per heavy atom. The molecule has 1 N–H and O–H groups in total. The van der Waals surface area contributed by atoms with Gasteiger partial charge in [-0.15, -0.1) is 0 Å². The molecule has 9 heteroatoms. The van der Waals surface area contributed by atoms with E-state index in [0.29, 0.717) is 12.4 Å². The minimum absolute atomic E-state index is 0.0701. The third kappa shape index (κ3) is 5.12. The summed E-state index contributed by atoms with van der Waals surface area (Å²) >= 11 is 6.10. The first-order chi connectivity index (χ1) is 14.6. The number of nitrogens with one attached hydrogen (secondary N) is 1. The summed E-state index contributed by atoms with van der Waals surface area (Å²) in [7, 11) is 0. The topological polar surface area (TPSA) is 79.7 Å². The highest BCUT2D eigenvalue weighted by Gasteiger charge is 2.20. The van der Waals surface area contributed by atoms with Gasteiger partial charge in [0, 0.05) is 56.1 Å². The van der Waals surface area contributed by atoms with E-state index in [-0.39, 0.29) is 24.1 Å². The summed E-state index contributed by atoms with van der Waals surface area (Å²) < 4.78 is 6.73. The lowest BCUT2D eigenvalue weighted by Gasteiger charge is -2.36. The monoisotopic (exact) mass is 431 g/mol. The highest BCUT2D eigenvalue weighted by Crippen LogP contribution is 2.22. The maximum atomic E-state index is 12.2. The summed E-state index contributed by atoms with van der Waals surface area (Å²) in [5.41, 5.74) is 0.812. The number of hydrogen-bond acceptors (Lipinski definition) is 6. The van der Waals surface area contributed by atoms with E-state index in [4.69, 9.17) is 16.3 Å². The lowest BCUT2D eigenvalue weighted by Crippen LogP contribution is -2.47. The summed E-state index contributed by atoms with van der Waals surface area (Å²) in [6.45, 7) is 4.30. The molecular weight excluding hydrogens is 406 g/mol. The molecule has 0 spiro atoms. The predicted molar refractivity (Wildman–Crippen MR) is 116 cm³/mol. The van der Waals surface area contributed by atoms with Crippen LogP contribution >= 0.6 is 11.6 Å². The first-order valence-corrected chi connectivity index (χ1v) is 10.7. The van der Waals surface area contributed by atoms with Crippen LogP contribution in [-0.4, -0.2) is 61.1 Å². The van der Waals surface area contributed by atoms with Crippen molar-refractivity contribution in [2.45, 2.75) is 25.5 Å². The molecule has 2 aromatic rings. The molecule has 1 amide bonds. The van der Waals surface area contributed by atoms with E-state index in [0.717, 1.165) is 56.3 Å². The summed E-state index contributed by atoms with van der Waals surface area (Å²) in [5, 5.41) is 7.98. The molecule has 0 unspecified atom stereocenters. The second-order valence-corrected chi connectivity index (χ2v) is 8.02. The molecule has 0 radical (unpaired) electrons. The van der Waals surface area contributed by atoms with Gasteiger partial charge in [-0.25, -0.2) is 4.68 Å². The molecule has 0 aliphatic carbocycles. The smallest absolute Gasteiger partial charge is 0.267 e.